The Hall–Kier alpha value is -1.42. The Morgan fingerprint density at radius 2 is 2.13 bits per heavy atom. The maximum atomic E-state index is 4.21. The van der Waals surface area contributed by atoms with Crippen molar-refractivity contribution in [2.45, 2.75) is 6.54 Å². The summed E-state index contributed by atoms with van der Waals surface area (Å²) in [7, 11) is 0. The van der Waals surface area contributed by atoms with Crippen molar-refractivity contribution in [1.29, 1.82) is 0 Å². The molecule has 0 radical (unpaired) electrons. The molecule has 0 unspecified atom stereocenters. The van der Waals surface area contributed by atoms with Crippen LogP contribution in [0.2, 0.25) is 0 Å². The first-order valence-electron chi connectivity index (χ1n) is 4.59. The van der Waals surface area contributed by atoms with Gasteiger partial charge in [-0.1, -0.05) is 6.07 Å². The van der Waals surface area contributed by atoms with Crippen LogP contribution >= 0.6 is 15.9 Å². The van der Waals surface area contributed by atoms with Crippen LogP contribution in [-0.2, 0) is 6.54 Å². The Bertz CT molecular complexity index is 414. The molecule has 0 saturated heterocycles. The lowest BCUT2D eigenvalue weighted by molar-refractivity contribution is 1.08. The summed E-state index contributed by atoms with van der Waals surface area (Å²) < 4.78 is 0.981. The van der Waals surface area contributed by atoms with Crippen LogP contribution in [0.5, 0.6) is 0 Å². The fraction of sp³-hybridized carbons (Fsp3) is 0.0909. The standard InChI is InChI=1S/C11H10BrN3/c12-10-3-4-11(15-8-10)14-7-9-2-1-5-13-6-9/h1-6,8H,7H2,(H,14,15). The molecule has 0 aliphatic rings. The molecule has 0 aliphatic carbocycles. The van der Waals surface area contributed by atoms with E-state index in [9.17, 15) is 0 Å². The van der Waals surface area contributed by atoms with E-state index >= 15 is 0 Å². The van der Waals surface area contributed by atoms with Gasteiger partial charge in [0.15, 0.2) is 0 Å². The average molecular weight is 264 g/mol. The highest BCUT2D eigenvalue weighted by molar-refractivity contribution is 9.10. The van der Waals surface area contributed by atoms with Gasteiger partial charge in [0.05, 0.1) is 0 Å². The van der Waals surface area contributed by atoms with Crippen molar-refractivity contribution in [2.24, 2.45) is 0 Å². The molecule has 0 saturated carbocycles. The number of hydrogen-bond acceptors (Lipinski definition) is 3. The molecule has 0 atom stereocenters. The quantitative estimate of drug-likeness (QED) is 0.926. The van der Waals surface area contributed by atoms with Crippen LogP contribution < -0.4 is 5.32 Å². The zero-order valence-electron chi connectivity index (χ0n) is 8.02. The molecule has 2 aromatic heterocycles. The van der Waals surface area contributed by atoms with Crippen molar-refractivity contribution in [3.63, 3.8) is 0 Å². The molecule has 4 heteroatoms. The Kier molecular flexibility index (Phi) is 3.29. The van der Waals surface area contributed by atoms with Crippen molar-refractivity contribution in [2.75, 3.05) is 5.32 Å². The van der Waals surface area contributed by atoms with Gasteiger partial charge in [-0.3, -0.25) is 4.98 Å². The molecule has 3 nitrogen and oxygen atoms in total. The van der Waals surface area contributed by atoms with Crippen LogP contribution in [0.15, 0.2) is 47.3 Å². The first kappa shape index (κ1) is 10.1. The van der Waals surface area contributed by atoms with E-state index in [4.69, 9.17) is 0 Å². The van der Waals surface area contributed by atoms with E-state index in [1.54, 1.807) is 12.4 Å². The van der Waals surface area contributed by atoms with E-state index < -0.39 is 0 Å². The van der Waals surface area contributed by atoms with Gasteiger partial charge in [-0.2, -0.15) is 0 Å². The van der Waals surface area contributed by atoms with Gasteiger partial charge in [0.25, 0.3) is 0 Å². The zero-order valence-corrected chi connectivity index (χ0v) is 9.61. The largest absolute Gasteiger partial charge is 0.366 e. The highest BCUT2D eigenvalue weighted by atomic mass is 79.9. The van der Waals surface area contributed by atoms with Crippen molar-refractivity contribution in [3.8, 4) is 0 Å². The van der Waals surface area contributed by atoms with Crippen molar-refractivity contribution >= 4 is 21.7 Å². The topological polar surface area (TPSA) is 37.8 Å². The second-order valence-corrected chi connectivity index (χ2v) is 3.99. The molecule has 0 fully saturated rings. The number of halogens is 1. The molecule has 0 amide bonds. The Morgan fingerprint density at radius 1 is 1.20 bits per heavy atom. The molecular weight excluding hydrogens is 254 g/mol. The zero-order chi connectivity index (χ0) is 10.5. The van der Waals surface area contributed by atoms with E-state index in [0.717, 1.165) is 22.4 Å². The minimum Gasteiger partial charge on any atom is -0.366 e. The van der Waals surface area contributed by atoms with Gasteiger partial charge in [-0.05, 0) is 39.7 Å². The molecule has 2 heterocycles. The highest BCUT2D eigenvalue weighted by Crippen LogP contribution is 2.11. The van der Waals surface area contributed by atoms with Gasteiger partial charge in [0, 0.05) is 29.6 Å². The summed E-state index contributed by atoms with van der Waals surface area (Å²) in [6.45, 7) is 0.739. The molecule has 76 valence electrons. The number of rotatable bonds is 3. The fourth-order valence-corrected chi connectivity index (χ4v) is 1.41. The second-order valence-electron chi connectivity index (χ2n) is 3.08. The molecule has 0 spiro atoms. The predicted molar refractivity (Wildman–Crippen MR) is 63.5 cm³/mol. The Labute approximate surface area is 96.7 Å². The maximum Gasteiger partial charge on any atom is 0.126 e. The number of nitrogens with zero attached hydrogens (tertiary/aromatic N) is 2. The summed E-state index contributed by atoms with van der Waals surface area (Å²) in [5.41, 5.74) is 1.14. The van der Waals surface area contributed by atoms with Crippen LogP contribution in [0, 0.1) is 0 Å². The lowest BCUT2D eigenvalue weighted by atomic mass is 10.3. The monoisotopic (exact) mass is 263 g/mol. The number of nitrogens with one attached hydrogen (secondary N) is 1. The fourth-order valence-electron chi connectivity index (χ4n) is 1.18. The third kappa shape index (κ3) is 3.02. The van der Waals surface area contributed by atoms with Crippen molar-refractivity contribution in [1.82, 2.24) is 9.97 Å². The third-order valence-corrected chi connectivity index (χ3v) is 2.39. The summed E-state index contributed by atoms with van der Waals surface area (Å²) in [6, 6.07) is 7.84. The number of aromatic nitrogens is 2. The number of anilines is 1. The van der Waals surface area contributed by atoms with Crippen LogP contribution in [-0.4, -0.2) is 9.97 Å². The summed E-state index contributed by atoms with van der Waals surface area (Å²) in [5, 5.41) is 3.22. The average Bonchev–Trinajstić information content (AvgIpc) is 2.30. The van der Waals surface area contributed by atoms with Gasteiger partial charge in [-0.25, -0.2) is 4.98 Å². The first-order valence-corrected chi connectivity index (χ1v) is 5.38. The van der Waals surface area contributed by atoms with Gasteiger partial charge in [0.2, 0.25) is 0 Å². The second kappa shape index (κ2) is 4.89. The molecule has 0 aromatic carbocycles. The van der Waals surface area contributed by atoms with Crippen LogP contribution in [0.4, 0.5) is 5.82 Å². The summed E-state index contributed by atoms with van der Waals surface area (Å²) in [4.78, 5) is 8.26. The van der Waals surface area contributed by atoms with E-state index in [1.807, 2.05) is 30.5 Å². The molecule has 2 rings (SSSR count). The number of pyridine rings is 2. The van der Waals surface area contributed by atoms with Crippen LogP contribution in [0.25, 0.3) is 0 Å². The maximum absolute atomic E-state index is 4.21. The normalized spacial score (nSPS) is 9.93. The third-order valence-electron chi connectivity index (χ3n) is 1.92. The minimum absolute atomic E-state index is 0.739. The summed E-state index contributed by atoms with van der Waals surface area (Å²) in [6.07, 6.45) is 5.37. The van der Waals surface area contributed by atoms with E-state index in [2.05, 4.69) is 31.2 Å². The van der Waals surface area contributed by atoms with Crippen LogP contribution in [0.3, 0.4) is 0 Å². The predicted octanol–water partition coefficient (Wildman–Crippen LogP) is 2.85. The van der Waals surface area contributed by atoms with Gasteiger partial charge < -0.3 is 5.32 Å². The highest BCUT2D eigenvalue weighted by Gasteiger charge is 1.94. The van der Waals surface area contributed by atoms with Gasteiger partial charge >= 0.3 is 0 Å². The Morgan fingerprint density at radius 3 is 2.80 bits per heavy atom. The minimum atomic E-state index is 0.739. The molecule has 1 N–H and O–H groups in total. The first-order chi connectivity index (χ1) is 7.34. The molecule has 2 aromatic rings. The van der Waals surface area contributed by atoms with Crippen molar-refractivity contribution < 1.29 is 0 Å². The van der Waals surface area contributed by atoms with Gasteiger partial charge in [-0.15, -0.1) is 0 Å². The van der Waals surface area contributed by atoms with E-state index in [0.29, 0.717) is 0 Å². The van der Waals surface area contributed by atoms with E-state index in [1.165, 1.54) is 0 Å². The van der Waals surface area contributed by atoms with Crippen molar-refractivity contribution in [3.05, 3.63) is 52.9 Å². The molecule has 0 bridgehead atoms. The lowest BCUT2D eigenvalue weighted by Crippen LogP contribution is -2.00. The Balaban J connectivity index is 1.96. The summed E-state index contributed by atoms with van der Waals surface area (Å²) >= 11 is 3.34. The smallest absolute Gasteiger partial charge is 0.126 e. The molecular formula is C11H10BrN3. The molecule has 15 heavy (non-hydrogen) atoms. The van der Waals surface area contributed by atoms with Gasteiger partial charge in [0.1, 0.15) is 5.82 Å². The molecule has 0 aliphatic heterocycles. The van der Waals surface area contributed by atoms with E-state index in [-0.39, 0.29) is 0 Å². The van der Waals surface area contributed by atoms with Crippen LogP contribution in [0.1, 0.15) is 5.56 Å². The SMILES string of the molecule is Brc1ccc(NCc2cccnc2)nc1. The summed E-state index contributed by atoms with van der Waals surface area (Å²) in [5.74, 6) is 0.863. The number of hydrogen-bond donors (Lipinski definition) is 1. The lowest BCUT2D eigenvalue weighted by Gasteiger charge is -2.04.